The molecule has 0 heterocycles. The van der Waals surface area contributed by atoms with Crippen LogP contribution in [0.5, 0.6) is 17.2 Å². The van der Waals surface area contributed by atoms with Gasteiger partial charge in [0.2, 0.25) is 0 Å². The molecular weight excluding hydrogens is 452 g/mol. The van der Waals surface area contributed by atoms with Gasteiger partial charge in [-0.1, -0.05) is 48.0 Å². The molecule has 0 aromatic heterocycles. The number of nitrogens with zero attached hydrogens (tertiary/aromatic N) is 1. The van der Waals surface area contributed by atoms with E-state index in [1.54, 1.807) is 24.3 Å². The van der Waals surface area contributed by atoms with Crippen molar-refractivity contribution in [2.75, 3.05) is 6.61 Å². The number of nitrogens with one attached hydrogen (secondary N) is 1. The number of halogens is 1. The molecule has 0 aliphatic carbocycles. The molecule has 2 N–H and O–H groups in total. The summed E-state index contributed by atoms with van der Waals surface area (Å²) in [5.74, 6) is 0.553. The van der Waals surface area contributed by atoms with E-state index in [4.69, 9.17) is 21.1 Å². The number of hydrazone groups is 1. The van der Waals surface area contributed by atoms with Gasteiger partial charge in [-0.2, -0.15) is 5.10 Å². The van der Waals surface area contributed by atoms with Gasteiger partial charge in [0.15, 0.2) is 11.5 Å². The second-order valence-corrected chi connectivity index (χ2v) is 7.91. The fourth-order valence-corrected chi connectivity index (χ4v) is 3.50. The number of hydrogen-bond donors (Lipinski definition) is 2. The zero-order chi connectivity index (χ0) is 23.9. The maximum atomic E-state index is 12.5. The minimum Gasteiger partial charge on any atom is -0.507 e. The fourth-order valence-electron chi connectivity index (χ4n) is 3.37. The van der Waals surface area contributed by atoms with E-state index in [-0.39, 0.29) is 11.3 Å². The van der Waals surface area contributed by atoms with Gasteiger partial charge in [0, 0.05) is 5.02 Å². The van der Waals surface area contributed by atoms with Crippen molar-refractivity contribution in [1.29, 1.82) is 0 Å². The number of fused-ring (bicyclic) bond motifs is 1. The number of benzene rings is 4. The first-order valence-corrected chi connectivity index (χ1v) is 11.1. The third-order valence-electron chi connectivity index (χ3n) is 5.06. The summed E-state index contributed by atoms with van der Waals surface area (Å²) in [7, 11) is 0. The number of amides is 1. The molecule has 0 bridgehead atoms. The zero-order valence-electron chi connectivity index (χ0n) is 18.5. The Bertz CT molecular complexity index is 1340. The van der Waals surface area contributed by atoms with Gasteiger partial charge in [-0.05, 0) is 71.3 Å². The molecule has 0 atom stereocenters. The van der Waals surface area contributed by atoms with E-state index in [1.807, 2.05) is 61.5 Å². The second kappa shape index (κ2) is 10.7. The van der Waals surface area contributed by atoms with Crippen molar-refractivity contribution in [2.45, 2.75) is 13.5 Å². The molecular formula is C27H23ClN2O4. The van der Waals surface area contributed by atoms with Crippen LogP contribution in [0.4, 0.5) is 0 Å². The van der Waals surface area contributed by atoms with Crippen LogP contribution < -0.4 is 14.9 Å². The first-order chi connectivity index (χ1) is 16.5. The largest absolute Gasteiger partial charge is 0.507 e. The predicted molar refractivity (Wildman–Crippen MR) is 134 cm³/mol. The molecule has 4 rings (SSSR count). The molecule has 4 aromatic carbocycles. The Hall–Kier alpha value is -4.03. The Morgan fingerprint density at radius 3 is 2.44 bits per heavy atom. The SMILES string of the molecule is CCOc1cc(/C=N\NC(=O)c2cc3ccccc3cc2O)ccc1OCc1ccc(Cl)cc1. The van der Waals surface area contributed by atoms with Gasteiger partial charge in [-0.15, -0.1) is 0 Å². The predicted octanol–water partition coefficient (Wildman–Crippen LogP) is 5.94. The van der Waals surface area contributed by atoms with Crippen LogP contribution in [0.15, 0.2) is 84.0 Å². The van der Waals surface area contributed by atoms with E-state index in [2.05, 4.69) is 10.5 Å². The Morgan fingerprint density at radius 2 is 1.71 bits per heavy atom. The monoisotopic (exact) mass is 474 g/mol. The lowest BCUT2D eigenvalue weighted by atomic mass is 10.1. The standard InChI is InChI=1S/C27H23ClN2O4/c1-2-33-26-13-19(9-12-25(26)34-17-18-7-10-22(28)11-8-18)16-29-30-27(32)23-14-20-5-3-4-6-21(20)15-24(23)31/h3-16,31H,2,17H2,1H3,(H,30,32)/b29-16-. The summed E-state index contributed by atoms with van der Waals surface area (Å²) in [5, 5.41) is 16.6. The highest BCUT2D eigenvalue weighted by Crippen LogP contribution is 2.29. The molecule has 0 spiro atoms. The molecule has 4 aromatic rings. The molecule has 0 saturated carbocycles. The van der Waals surface area contributed by atoms with E-state index in [0.29, 0.717) is 35.3 Å². The molecule has 0 aliphatic rings. The number of carbonyl (C=O) groups excluding carboxylic acids is 1. The third kappa shape index (κ3) is 5.66. The maximum Gasteiger partial charge on any atom is 0.275 e. The lowest BCUT2D eigenvalue weighted by molar-refractivity contribution is 0.0952. The number of phenolic OH excluding ortho intramolecular Hbond substituents is 1. The highest BCUT2D eigenvalue weighted by molar-refractivity contribution is 6.30. The van der Waals surface area contributed by atoms with E-state index in [0.717, 1.165) is 16.3 Å². The van der Waals surface area contributed by atoms with Crippen molar-refractivity contribution in [3.8, 4) is 17.2 Å². The van der Waals surface area contributed by atoms with Crippen LogP contribution in [0.25, 0.3) is 10.8 Å². The van der Waals surface area contributed by atoms with E-state index < -0.39 is 5.91 Å². The lowest BCUT2D eigenvalue weighted by Crippen LogP contribution is -2.17. The Balaban J connectivity index is 1.44. The molecule has 172 valence electrons. The Kier molecular flexibility index (Phi) is 7.30. The molecule has 6 nitrogen and oxygen atoms in total. The summed E-state index contributed by atoms with van der Waals surface area (Å²) in [6.07, 6.45) is 1.50. The molecule has 0 saturated heterocycles. The number of aromatic hydroxyl groups is 1. The fraction of sp³-hybridized carbons (Fsp3) is 0.111. The topological polar surface area (TPSA) is 80.2 Å². The maximum absolute atomic E-state index is 12.5. The van der Waals surface area contributed by atoms with Gasteiger partial charge >= 0.3 is 0 Å². The van der Waals surface area contributed by atoms with Crippen molar-refractivity contribution in [2.24, 2.45) is 5.10 Å². The van der Waals surface area contributed by atoms with Crippen molar-refractivity contribution >= 4 is 34.5 Å². The van der Waals surface area contributed by atoms with Gasteiger partial charge < -0.3 is 14.6 Å². The average Bonchev–Trinajstić information content (AvgIpc) is 2.84. The zero-order valence-corrected chi connectivity index (χ0v) is 19.3. The van der Waals surface area contributed by atoms with Gasteiger partial charge in [0.1, 0.15) is 12.4 Å². The smallest absolute Gasteiger partial charge is 0.275 e. The molecule has 34 heavy (non-hydrogen) atoms. The summed E-state index contributed by atoms with van der Waals surface area (Å²) in [5.41, 5.74) is 4.30. The van der Waals surface area contributed by atoms with Crippen LogP contribution in [-0.4, -0.2) is 23.8 Å². The van der Waals surface area contributed by atoms with Crippen molar-refractivity contribution < 1.29 is 19.4 Å². The summed E-state index contributed by atoms with van der Waals surface area (Å²) in [6.45, 7) is 2.73. The summed E-state index contributed by atoms with van der Waals surface area (Å²) < 4.78 is 11.6. The summed E-state index contributed by atoms with van der Waals surface area (Å²) in [6, 6.07) is 23.5. The lowest BCUT2D eigenvalue weighted by Gasteiger charge is -2.12. The van der Waals surface area contributed by atoms with Crippen LogP contribution >= 0.6 is 11.6 Å². The van der Waals surface area contributed by atoms with Crippen molar-refractivity contribution in [1.82, 2.24) is 5.43 Å². The molecule has 0 radical (unpaired) electrons. The highest BCUT2D eigenvalue weighted by atomic mass is 35.5. The van der Waals surface area contributed by atoms with Crippen LogP contribution in [0, 0.1) is 0 Å². The average molecular weight is 475 g/mol. The molecule has 0 unspecified atom stereocenters. The van der Waals surface area contributed by atoms with Gasteiger partial charge in [-0.3, -0.25) is 4.79 Å². The number of hydrogen-bond acceptors (Lipinski definition) is 5. The molecule has 1 amide bonds. The van der Waals surface area contributed by atoms with Crippen LogP contribution in [-0.2, 0) is 6.61 Å². The molecule has 0 aliphatic heterocycles. The third-order valence-corrected chi connectivity index (χ3v) is 5.32. The summed E-state index contributed by atoms with van der Waals surface area (Å²) >= 11 is 5.93. The minimum absolute atomic E-state index is 0.104. The molecule has 7 heteroatoms. The van der Waals surface area contributed by atoms with E-state index >= 15 is 0 Å². The normalized spacial score (nSPS) is 11.0. The quantitative estimate of drug-likeness (QED) is 0.244. The second-order valence-electron chi connectivity index (χ2n) is 7.47. The van der Waals surface area contributed by atoms with Crippen molar-refractivity contribution in [3.63, 3.8) is 0 Å². The van der Waals surface area contributed by atoms with Crippen LogP contribution in [0.3, 0.4) is 0 Å². The highest BCUT2D eigenvalue weighted by Gasteiger charge is 2.12. The number of phenols is 1. The first-order valence-electron chi connectivity index (χ1n) is 10.7. The van der Waals surface area contributed by atoms with Crippen LogP contribution in [0.2, 0.25) is 5.02 Å². The van der Waals surface area contributed by atoms with Crippen LogP contribution in [0.1, 0.15) is 28.4 Å². The number of ether oxygens (including phenoxy) is 2. The van der Waals surface area contributed by atoms with E-state index in [9.17, 15) is 9.90 Å². The van der Waals surface area contributed by atoms with Gasteiger partial charge in [-0.25, -0.2) is 5.43 Å². The Morgan fingerprint density at radius 1 is 0.971 bits per heavy atom. The number of carbonyl (C=O) groups is 1. The van der Waals surface area contributed by atoms with E-state index in [1.165, 1.54) is 6.21 Å². The minimum atomic E-state index is -0.507. The van der Waals surface area contributed by atoms with Gasteiger partial charge in [0.25, 0.3) is 5.91 Å². The Labute approximate surface area is 202 Å². The molecule has 0 fully saturated rings. The van der Waals surface area contributed by atoms with Crippen molar-refractivity contribution in [3.05, 3.63) is 101 Å². The first kappa shape index (κ1) is 23.1. The van der Waals surface area contributed by atoms with Gasteiger partial charge in [0.05, 0.1) is 18.4 Å². The summed E-state index contributed by atoms with van der Waals surface area (Å²) in [4.78, 5) is 12.5. The number of rotatable bonds is 8.